The van der Waals surface area contributed by atoms with E-state index >= 15 is 0 Å². The number of nitrogens with zero attached hydrogens (tertiary/aromatic N) is 2. The van der Waals surface area contributed by atoms with E-state index in [4.69, 9.17) is 0 Å². The van der Waals surface area contributed by atoms with Gasteiger partial charge in [-0.1, -0.05) is 36.4 Å². The lowest BCUT2D eigenvalue weighted by Gasteiger charge is -2.11. The second-order valence-corrected chi connectivity index (χ2v) is 6.26. The molecular weight excluding hydrogens is 336 g/mol. The molecule has 0 saturated carbocycles. The van der Waals surface area contributed by atoms with Crippen LogP contribution in [0.4, 0.5) is 17.1 Å². The minimum Gasteiger partial charge on any atom is -0.378 e. The highest BCUT2D eigenvalue weighted by atomic mass is 16.2. The average Bonchev–Trinajstić information content (AvgIpc) is 2.69. The van der Waals surface area contributed by atoms with Gasteiger partial charge < -0.3 is 10.2 Å². The van der Waals surface area contributed by atoms with E-state index in [-0.39, 0.29) is 5.91 Å². The molecule has 0 aliphatic rings. The number of hydrazone groups is 1. The minimum atomic E-state index is -0.257. The average molecular weight is 358 g/mol. The van der Waals surface area contributed by atoms with Crippen LogP contribution in [0.2, 0.25) is 0 Å². The number of para-hydroxylation sites is 1. The molecular formula is C22H22N4O. The predicted molar refractivity (Wildman–Crippen MR) is 112 cm³/mol. The lowest BCUT2D eigenvalue weighted by atomic mass is 10.2. The minimum absolute atomic E-state index is 0.257. The van der Waals surface area contributed by atoms with Crippen molar-refractivity contribution in [2.75, 3.05) is 24.3 Å². The number of benzene rings is 3. The van der Waals surface area contributed by atoms with E-state index in [1.807, 2.05) is 85.7 Å². The Morgan fingerprint density at radius 3 is 2.30 bits per heavy atom. The number of amides is 1. The molecule has 3 aromatic carbocycles. The van der Waals surface area contributed by atoms with E-state index in [0.29, 0.717) is 5.56 Å². The number of nitrogens with one attached hydrogen (secondary N) is 2. The normalized spacial score (nSPS) is 10.6. The Morgan fingerprint density at radius 2 is 1.59 bits per heavy atom. The topological polar surface area (TPSA) is 56.7 Å². The number of hydrogen-bond donors (Lipinski definition) is 2. The molecule has 0 aromatic heterocycles. The van der Waals surface area contributed by atoms with Crippen LogP contribution in [-0.4, -0.2) is 26.2 Å². The van der Waals surface area contributed by atoms with Crippen LogP contribution in [0.15, 0.2) is 84.0 Å². The van der Waals surface area contributed by atoms with Crippen molar-refractivity contribution in [1.29, 1.82) is 0 Å². The van der Waals surface area contributed by atoms with E-state index in [1.54, 1.807) is 18.3 Å². The van der Waals surface area contributed by atoms with E-state index in [9.17, 15) is 4.79 Å². The zero-order valence-electron chi connectivity index (χ0n) is 15.4. The summed E-state index contributed by atoms with van der Waals surface area (Å²) in [5.74, 6) is -0.257. The van der Waals surface area contributed by atoms with Crippen molar-refractivity contribution in [3.8, 4) is 0 Å². The largest absolute Gasteiger partial charge is 0.378 e. The maximum Gasteiger partial charge on any atom is 0.271 e. The van der Waals surface area contributed by atoms with Crippen molar-refractivity contribution in [1.82, 2.24) is 5.43 Å². The van der Waals surface area contributed by atoms with Crippen molar-refractivity contribution in [3.05, 3.63) is 90.0 Å². The molecule has 0 saturated heterocycles. The smallest absolute Gasteiger partial charge is 0.271 e. The van der Waals surface area contributed by atoms with Gasteiger partial charge in [0, 0.05) is 36.7 Å². The monoisotopic (exact) mass is 358 g/mol. The number of hydrogen-bond acceptors (Lipinski definition) is 4. The summed E-state index contributed by atoms with van der Waals surface area (Å²) in [6.45, 7) is 0. The molecule has 0 spiro atoms. The molecule has 0 unspecified atom stereocenters. The van der Waals surface area contributed by atoms with Crippen LogP contribution >= 0.6 is 0 Å². The first-order valence-corrected chi connectivity index (χ1v) is 8.65. The van der Waals surface area contributed by atoms with Gasteiger partial charge in [0.05, 0.1) is 6.21 Å². The predicted octanol–water partition coefficient (Wildman–Crippen LogP) is 4.26. The Morgan fingerprint density at radius 1 is 0.889 bits per heavy atom. The second-order valence-electron chi connectivity index (χ2n) is 6.26. The van der Waals surface area contributed by atoms with Gasteiger partial charge in [-0.15, -0.1) is 0 Å². The maximum absolute atomic E-state index is 12.3. The summed E-state index contributed by atoms with van der Waals surface area (Å²) >= 11 is 0. The summed E-state index contributed by atoms with van der Waals surface area (Å²) in [4.78, 5) is 14.4. The molecule has 1 amide bonds. The Kier molecular flexibility index (Phi) is 5.84. The van der Waals surface area contributed by atoms with Crippen LogP contribution in [0.3, 0.4) is 0 Å². The second kappa shape index (κ2) is 8.67. The number of rotatable bonds is 6. The fourth-order valence-corrected chi connectivity index (χ4v) is 2.51. The summed E-state index contributed by atoms with van der Waals surface area (Å²) in [5, 5.41) is 7.32. The van der Waals surface area contributed by atoms with Crippen LogP contribution in [-0.2, 0) is 0 Å². The lowest BCUT2D eigenvalue weighted by molar-refractivity contribution is 0.0955. The van der Waals surface area contributed by atoms with Gasteiger partial charge in [-0.2, -0.15) is 5.10 Å². The molecule has 0 radical (unpaired) electrons. The molecule has 0 aliphatic carbocycles. The molecule has 5 nitrogen and oxygen atoms in total. The molecule has 0 atom stereocenters. The lowest BCUT2D eigenvalue weighted by Crippen LogP contribution is -2.17. The van der Waals surface area contributed by atoms with Crippen LogP contribution in [0, 0.1) is 0 Å². The number of carbonyl (C=O) groups excluding carboxylic acids is 1. The van der Waals surface area contributed by atoms with Gasteiger partial charge in [-0.25, -0.2) is 5.43 Å². The van der Waals surface area contributed by atoms with Gasteiger partial charge in [0.15, 0.2) is 0 Å². The molecule has 2 N–H and O–H groups in total. The Balaban J connectivity index is 1.61. The summed E-state index contributed by atoms with van der Waals surface area (Å²) in [6.07, 6.45) is 1.63. The molecule has 0 aliphatic heterocycles. The SMILES string of the molecule is CN(C)c1ccc(/C=N\NC(=O)c2cccc(Nc3ccccc3)c2)cc1. The standard InChI is InChI=1S/C22H22N4O/c1-26(2)21-13-11-17(12-14-21)16-23-25-22(27)18-7-6-10-20(15-18)24-19-8-4-3-5-9-19/h3-16,24H,1-2H3,(H,25,27)/b23-16-. The fraction of sp³-hybridized carbons (Fsp3) is 0.0909. The van der Waals surface area contributed by atoms with E-state index in [0.717, 1.165) is 22.6 Å². The zero-order valence-corrected chi connectivity index (χ0v) is 15.4. The van der Waals surface area contributed by atoms with Gasteiger partial charge in [0.1, 0.15) is 0 Å². The van der Waals surface area contributed by atoms with Crippen LogP contribution in [0.5, 0.6) is 0 Å². The van der Waals surface area contributed by atoms with Crippen molar-refractivity contribution in [2.45, 2.75) is 0 Å². The third kappa shape index (κ3) is 5.19. The third-order valence-electron chi connectivity index (χ3n) is 3.98. The van der Waals surface area contributed by atoms with Crippen molar-refractivity contribution < 1.29 is 4.79 Å². The fourth-order valence-electron chi connectivity index (χ4n) is 2.51. The van der Waals surface area contributed by atoms with E-state index < -0.39 is 0 Å². The van der Waals surface area contributed by atoms with Crippen LogP contribution in [0.25, 0.3) is 0 Å². The van der Waals surface area contributed by atoms with Crippen LogP contribution in [0.1, 0.15) is 15.9 Å². The van der Waals surface area contributed by atoms with Gasteiger partial charge in [0.2, 0.25) is 0 Å². The van der Waals surface area contributed by atoms with E-state index in [2.05, 4.69) is 15.8 Å². The van der Waals surface area contributed by atoms with Crippen molar-refractivity contribution in [2.24, 2.45) is 5.10 Å². The maximum atomic E-state index is 12.3. The summed E-state index contributed by atoms with van der Waals surface area (Å²) < 4.78 is 0. The molecule has 27 heavy (non-hydrogen) atoms. The molecule has 0 heterocycles. The summed E-state index contributed by atoms with van der Waals surface area (Å²) in [7, 11) is 3.98. The molecule has 3 rings (SSSR count). The molecule has 0 bridgehead atoms. The first kappa shape index (κ1) is 18.2. The van der Waals surface area contributed by atoms with Crippen molar-refractivity contribution in [3.63, 3.8) is 0 Å². The van der Waals surface area contributed by atoms with Gasteiger partial charge in [-0.3, -0.25) is 4.79 Å². The van der Waals surface area contributed by atoms with E-state index in [1.165, 1.54) is 0 Å². The van der Waals surface area contributed by atoms with Gasteiger partial charge in [0.25, 0.3) is 5.91 Å². The first-order chi connectivity index (χ1) is 13.1. The first-order valence-electron chi connectivity index (χ1n) is 8.65. The van der Waals surface area contributed by atoms with Crippen molar-refractivity contribution >= 4 is 29.2 Å². The van der Waals surface area contributed by atoms with Gasteiger partial charge in [-0.05, 0) is 48.0 Å². The van der Waals surface area contributed by atoms with Gasteiger partial charge >= 0.3 is 0 Å². The highest BCUT2D eigenvalue weighted by Crippen LogP contribution is 2.17. The highest BCUT2D eigenvalue weighted by Gasteiger charge is 2.05. The number of carbonyl (C=O) groups is 1. The Hall–Kier alpha value is -3.60. The van der Waals surface area contributed by atoms with Crippen LogP contribution < -0.4 is 15.6 Å². The molecule has 5 heteroatoms. The Bertz CT molecular complexity index is 919. The zero-order chi connectivity index (χ0) is 19.1. The molecule has 136 valence electrons. The quantitative estimate of drug-likeness (QED) is 0.511. The Labute approximate surface area is 159 Å². The summed E-state index contributed by atoms with van der Waals surface area (Å²) in [6, 6.07) is 25.0. The molecule has 0 fully saturated rings. The summed E-state index contributed by atoms with van der Waals surface area (Å²) in [5.41, 5.74) is 6.94. The molecule has 3 aromatic rings. The highest BCUT2D eigenvalue weighted by molar-refractivity contribution is 5.95. The number of anilines is 3. The third-order valence-corrected chi connectivity index (χ3v) is 3.98.